The first-order chi connectivity index (χ1) is 9.63. The minimum atomic E-state index is -0.375. The fourth-order valence-electron chi connectivity index (χ4n) is 2.29. The molecule has 0 radical (unpaired) electrons. The lowest BCUT2D eigenvalue weighted by atomic mass is 9.97. The summed E-state index contributed by atoms with van der Waals surface area (Å²) >= 11 is 6.14. The van der Waals surface area contributed by atoms with Gasteiger partial charge in [-0.2, -0.15) is 0 Å². The van der Waals surface area contributed by atoms with Crippen LogP contribution >= 0.6 is 11.6 Å². The molecule has 0 spiro atoms. The fourth-order valence-corrected chi connectivity index (χ4v) is 2.52. The molecule has 0 aliphatic carbocycles. The largest absolute Gasteiger partial charge is 0.306 e. The van der Waals surface area contributed by atoms with Crippen LogP contribution in [0.2, 0.25) is 5.02 Å². The second-order valence-electron chi connectivity index (χ2n) is 4.94. The van der Waals surface area contributed by atoms with E-state index in [-0.39, 0.29) is 16.9 Å². The Bertz CT molecular complexity index is 583. The smallest absolute Gasteiger partial charge is 0.142 e. The Labute approximate surface area is 124 Å². The van der Waals surface area contributed by atoms with Crippen LogP contribution in [0, 0.1) is 12.7 Å². The van der Waals surface area contributed by atoms with Gasteiger partial charge in [0, 0.05) is 0 Å². The first-order valence-electron chi connectivity index (χ1n) is 6.87. The molecule has 106 valence electrons. The first-order valence-corrected chi connectivity index (χ1v) is 7.25. The summed E-state index contributed by atoms with van der Waals surface area (Å²) in [5.74, 6) is -0.375. The average Bonchev–Trinajstić information content (AvgIpc) is 2.44. The van der Waals surface area contributed by atoms with Crippen molar-refractivity contribution in [3.63, 3.8) is 0 Å². The zero-order valence-corrected chi connectivity index (χ0v) is 12.5. The van der Waals surface area contributed by atoms with Crippen molar-refractivity contribution in [2.45, 2.75) is 26.3 Å². The standard InChI is InChI=1S/C17H19ClFN/c1-3-10-20-17(13-7-4-6-12(2)11-13)14-8-5-9-15(19)16(14)18/h4-9,11,17,20H,3,10H2,1-2H3. The molecule has 3 heteroatoms. The zero-order chi connectivity index (χ0) is 14.5. The molecule has 1 N–H and O–H groups in total. The summed E-state index contributed by atoms with van der Waals surface area (Å²) < 4.78 is 13.7. The number of benzene rings is 2. The Morgan fingerprint density at radius 1 is 1.20 bits per heavy atom. The van der Waals surface area contributed by atoms with E-state index in [9.17, 15) is 4.39 Å². The van der Waals surface area contributed by atoms with Crippen LogP contribution in [0.1, 0.15) is 36.1 Å². The van der Waals surface area contributed by atoms with E-state index in [1.54, 1.807) is 6.07 Å². The SMILES string of the molecule is CCCNC(c1cccc(C)c1)c1cccc(F)c1Cl. The molecular weight excluding hydrogens is 273 g/mol. The second kappa shape index (κ2) is 6.87. The van der Waals surface area contributed by atoms with E-state index in [1.807, 2.05) is 31.2 Å². The molecule has 0 aliphatic heterocycles. The normalized spacial score (nSPS) is 12.4. The molecule has 20 heavy (non-hydrogen) atoms. The monoisotopic (exact) mass is 291 g/mol. The third-order valence-corrected chi connectivity index (χ3v) is 3.67. The summed E-state index contributed by atoms with van der Waals surface area (Å²) in [4.78, 5) is 0. The van der Waals surface area contributed by atoms with Crippen molar-refractivity contribution in [2.24, 2.45) is 0 Å². The van der Waals surface area contributed by atoms with Crippen molar-refractivity contribution >= 4 is 11.6 Å². The van der Waals surface area contributed by atoms with Crippen LogP contribution in [0.4, 0.5) is 4.39 Å². The van der Waals surface area contributed by atoms with Crippen LogP contribution < -0.4 is 5.32 Å². The Morgan fingerprint density at radius 3 is 2.65 bits per heavy atom. The van der Waals surface area contributed by atoms with Gasteiger partial charge in [0.15, 0.2) is 0 Å². The lowest BCUT2D eigenvalue weighted by Gasteiger charge is -2.21. The highest BCUT2D eigenvalue weighted by molar-refractivity contribution is 6.31. The lowest BCUT2D eigenvalue weighted by Crippen LogP contribution is -2.23. The van der Waals surface area contributed by atoms with Crippen molar-refractivity contribution in [1.82, 2.24) is 5.32 Å². The van der Waals surface area contributed by atoms with Crippen LogP contribution in [0.15, 0.2) is 42.5 Å². The van der Waals surface area contributed by atoms with Crippen molar-refractivity contribution in [3.8, 4) is 0 Å². The average molecular weight is 292 g/mol. The maximum Gasteiger partial charge on any atom is 0.142 e. The fraction of sp³-hybridized carbons (Fsp3) is 0.294. The third kappa shape index (κ3) is 3.38. The highest BCUT2D eigenvalue weighted by Crippen LogP contribution is 2.30. The van der Waals surface area contributed by atoms with E-state index in [2.05, 4.69) is 18.3 Å². The lowest BCUT2D eigenvalue weighted by molar-refractivity contribution is 0.586. The van der Waals surface area contributed by atoms with E-state index in [4.69, 9.17) is 11.6 Å². The number of halogens is 2. The quantitative estimate of drug-likeness (QED) is 0.828. The molecule has 0 bridgehead atoms. The van der Waals surface area contributed by atoms with Gasteiger partial charge in [-0.25, -0.2) is 4.39 Å². The van der Waals surface area contributed by atoms with Crippen molar-refractivity contribution in [3.05, 3.63) is 70.0 Å². The highest BCUT2D eigenvalue weighted by atomic mass is 35.5. The van der Waals surface area contributed by atoms with Gasteiger partial charge in [0.1, 0.15) is 5.82 Å². The summed E-state index contributed by atoms with van der Waals surface area (Å²) in [7, 11) is 0. The first kappa shape index (κ1) is 15.0. The molecule has 2 aromatic rings. The topological polar surface area (TPSA) is 12.0 Å². The van der Waals surface area contributed by atoms with Gasteiger partial charge in [-0.15, -0.1) is 0 Å². The van der Waals surface area contributed by atoms with Gasteiger partial charge < -0.3 is 5.32 Å². The van der Waals surface area contributed by atoms with E-state index < -0.39 is 0 Å². The summed E-state index contributed by atoms with van der Waals surface area (Å²) in [6, 6.07) is 13.1. The van der Waals surface area contributed by atoms with E-state index >= 15 is 0 Å². The molecule has 0 aliphatic rings. The molecule has 0 saturated carbocycles. The Morgan fingerprint density at radius 2 is 1.95 bits per heavy atom. The number of hydrogen-bond acceptors (Lipinski definition) is 1. The number of rotatable bonds is 5. The molecular formula is C17H19ClFN. The van der Waals surface area contributed by atoms with Gasteiger partial charge in [0.05, 0.1) is 11.1 Å². The van der Waals surface area contributed by atoms with E-state index in [0.717, 1.165) is 24.1 Å². The summed E-state index contributed by atoms with van der Waals surface area (Å²) in [6.45, 7) is 5.01. The second-order valence-corrected chi connectivity index (χ2v) is 5.32. The molecule has 1 unspecified atom stereocenters. The van der Waals surface area contributed by atoms with E-state index in [1.165, 1.54) is 11.6 Å². The highest BCUT2D eigenvalue weighted by Gasteiger charge is 2.18. The van der Waals surface area contributed by atoms with Crippen LogP contribution in [0.5, 0.6) is 0 Å². The predicted molar refractivity (Wildman–Crippen MR) is 82.7 cm³/mol. The Balaban J connectivity index is 2.44. The van der Waals surface area contributed by atoms with Crippen LogP contribution in [0.25, 0.3) is 0 Å². The summed E-state index contributed by atoms with van der Waals surface area (Å²) in [5, 5.41) is 3.64. The van der Waals surface area contributed by atoms with Crippen molar-refractivity contribution in [1.29, 1.82) is 0 Å². The van der Waals surface area contributed by atoms with E-state index in [0.29, 0.717) is 0 Å². The molecule has 0 fully saturated rings. The van der Waals surface area contributed by atoms with Gasteiger partial charge in [-0.05, 0) is 37.1 Å². The summed E-state index contributed by atoms with van der Waals surface area (Å²) in [6.07, 6.45) is 1.01. The minimum absolute atomic E-state index is 0.0851. The minimum Gasteiger partial charge on any atom is -0.306 e. The van der Waals surface area contributed by atoms with Gasteiger partial charge in [-0.3, -0.25) is 0 Å². The molecule has 0 amide bonds. The number of hydrogen-bond donors (Lipinski definition) is 1. The maximum atomic E-state index is 13.7. The van der Waals surface area contributed by atoms with Crippen molar-refractivity contribution < 1.29 is 4.39 Å². The molecule has 2 aromatic carbocycles. The van der Waals surface area contributed by atoms with Gasteiger partial charge in [0.25, 0.3) is 0 Å². The molecule has 1 nitrogen and oxygen atoms in total. The molecule has 0 saturated heterocycles. The Kier molecular flexibility index (Phi) is 5.16. The summed E-state index contributed by atoms with van der Waals surface area (Å²) in [5.41, 5.74) is 3.06. The molecule has 0 heterocycles. The number of aryl methyl sites for hydroxylation is 1. The van der Waals surface area contributed by atoms with Crippen LogP contribution in [-0.4, -0.2) is 6.54 Å². The predicted octanol–water partition coefficient (Wildman–Crippen LogP) is 4.88. The van der Waals surface area contributed by atoms with Gasteiger partial charge in [0.2, 0.25) is 0 Å². The third-order valence-electron chi connectivity index (χ3n) is 3.27. The zero-order valence-electron chi connectivity index (χ0n) is 11.8. The molecule has 2 rings (SSSR count). The molecule has 0 aromatic heterocycles. The van der Waals surface area contributed by atoms with Crippen LogP contribution in [0.3, 0.4) is 0 Å². The van der Waals surface area contributed by atoms with Crippen LogP contribution in [-0.2, 0) is 0 Å². The molecule has 1 atom stereocenters. The van der Waals surface area contributed by atoms with Gasteiger partial charge >= 0.3 is 0 Å². The van der Waals surface area contributed by atoms with Gasteiger partial charge in [-0.1, -0.05) is 60.5 Å². The number of nitrogens with one attached hydrogen (secondary N) is 1. The maximum absolute atomic E-state index is 13.7. The van der Waals surface area contributed by atoms with Crippen molar-refractivity contribution in [2.75, 3.05) is 6.54 Å². The Hall–Kier alpha value is -1.38.